The van der Waals surface area contributed by atoms with Crippen molar-refractivity contribution in [2.24, 2.45) is 0 Å². The fourth-order valence-electron chi connectivity index (χ4n) is 1.25. The number of ketones is 2. The summed E-state index contributed by atoms with van der Waals surface area (Å²) in [7, 11) is 0. The lowest BCUT2D eigenvalue weighted by Gasteiger charge is -2.09. The van der Waals surface area contributed by atoms with E-state index in [2.05, 4.69) is 0 Å². The molecule has 1 aromatic carbocycles. The molecule has 80 valence electrons. The molecular weight excluding hydrogens is 200 g/mol. The molecule has 1 rings (SSSR count). The molecule has 15 heavy (non-hydrogen) atoms. The molecule has 0 amide bonds. The van der Waals surface area contributed by atoms with E-state index in [-0.39, 0.29) is 5.56 Å². The van der Waals surface area contributed by atoms with Crippen LogP contribution in [0.15, 0.2) is 6.07 Å². The Bertz CT molecular complexity index is 448. The topological polar surface area (TPSA) is 94.8 Å². The van der Waals surface area contributed by atoms with Crippen molar-refractivity contribution in [3.05, 3.63) is 17.2 Å². The van der Waals surface area contributed by atoms with Gasteiger partial charge in [-0.2, -0.15) is 0 Å². The normalized spacial score (nSPS) is 10.0. The summed E-state index contributed by atoms with van der Waals surface area (Å²) in [5, 5.41) is 28.1. The van der Waals surface area contributed by atoms with Crippen molar-refractivity contribution in [1.82, 2.24) is 0 Å². The minimum atomic E-state index is -0.718. The van der Waals surface area contributed by atoms with Crippen LogP contribution in [0.1, 0.15) is 34.6 Å². The number of phenols is 3. The Morgan fingerprint density at radius 1 is 1.00 bits per heavy atom. The van der Waals surface area contributed by atoms with Gasteiger partial charge in [0.1, 0.15) is 11.3 Å². The monoisotopic (exact) mass is 210 g/mol. The molecule has 0 aliphatic heterocycles. The number of carbonyl (C=O) groups excluding carboxylic acids is 2. The van der Waals surface area contributed by atoms with E-state index in [0.717, 1.165) is 13.0 Å². The van der Waals surface area contributed by atoms with Crippen molar-refractivity contribution in [3.8, 4) is 17.2 Å². The number of hydrogen-bond acceptors (Lipinski definition) is 5. The van der Waals surface area contributed by atoms with Crippen LogP contribution in [-0.2, 0) is 0 Å². The van der Waals surface area contributed by atoms with Gasteiger partial charge in [-0.15, -0.1) is 0 Å². The van der Waals surface area contributed by atoms with E-state index in [4.69, 9.17) is 0 Å². The fourth-order valence-corrected chi connectivity index (χ4v) is 1.25. The first-order valence-electron chi connectivity index (χ1n) is 4.16. The highest BCUT2D eigenvalue weighted by Gasteiger charge is 2.21. The first-order chi connectivity index (χ1) is 6.86. The van der Waals surface area contributed by atoms with Crippen LogP contribution in [0.25, 0.3) is 0 Å². The van der Waals surface area contributed by atoms with Crippen molar-refractivity contribution in [3.63, 3.8) is 0 Å². The minimum absolute atomic E-state index is 0.199. The zero-order valence-corrected chi connectivity index (χ0v) is 8.24. The minimum Gasteiger partial charge on any atom is -0.506 e. The van der Waals surface area contributed by atoms with Crippen LogP contribution in [0, 0.1) is 0 Å². The van der Waals surface area contributed by atoms with Gasteiger partial charge in [0.05, 0.1) is 5.56 Å². The first kappa shape index (κ1) is 11.0. The number of hydrogen-bond donors (Lipinski definition) is 3. The Morgan fingerprint density at radius 3 is 1.93 bits per heavy atom. The summed E-state index contributed by atoms with van der Waals surface area (Å²) in [4.78, 5) is 22.1. The van der Waals surface area contributed by atoms with Crippen molar-refractivity contribution in [2.75, 3.05) is 0 Å². The number of phenolic OH excluding ortho intramolecular Hbond substituents is 3. The summed E-state index contributed by atoms with van der Waals surface area (Å²) in [6, 6.07) is 0.916. The molecule has 3 N–H and O–H groups in total. The average molecular weight is 210 g/mol. The maximum atomic E-state index is 11.1. The first-order valence-corrected chi connectivity index (χ1v) is 4.16. The Hall–Kier alpha value is -2.04. The Balaban J connectivity index is 3.63. The van der Waals surface area contributed by atoms with Crippen LogP contribution in [-0.4, -0.2) is 26.9 Å². The van der Waals surface area contributed by atoms with Crippen molar-refractivity contribution >= 4 is 11.6 Å². The predicted octanol–water partition coefficient (Wildman–Crippen LogP) is 1.21. The van der Waals surface area contributed by atoms with Crippen LogP contribution in [0.4, 0.5) is 0 Å². The summed E-state index contributed by atoms with van der Waals surface area (Å²) in [5.41, 5.74) is -0.643. The van der Waals surface area contributed by atoms with Crippen molar-refractivity contribution in [1.29, 1.82) is 0 Å². The van der Waals surface area contributed by atoms with Gasteiger partial charge in [0.2, 0.25) is 0 Å². The molecule has 0 aliphatic rings. The van der Waals surface area contributed by atoms with Gasteiger partial charge in [-0.1, -0.05) is 0 Å². The highest BCUT2D eigenvalue weighted by molar-refractivity contribution is 6.06. The number of carbonyl (C=O) groups is 2. The van der Waals surface area contributed by atoms with E-state index in [0.29, 0.717) is 0 Å². The molecule has 0 bridgehead atoms. The number of Topliss-reactive ketones (excluding diaryl/α,β-unsaturated/α-hetero) is 2. The van der Waals surface area contributed by atoms with Crippen LogP contribution in [0.3, 0.4) is 0 Å². The molecule has 5 heteroatoms. The van der Waals surface area contributed by atoms with Gasteiger partial charge in [0, 0.05) is 0 Å². The fraction of sp³-hybridized carbons (Fsp3) is 0.200. The molecule has 0 spiro atoms. The summed E-state index contributed by atoms with van der Waals surface area (Å²) in [6.45, 7) is 2.29. The molecule has 1 aromatic rings. The van der Waals surface area contributed by atoms with Crippen molar-refractivity contribution < 1.29 is 24.9 Å². The van der Waals surface area contributed by atoms with E-state index in [1.54, 1.807) is 0 Å². The van der Waals surface area contributed by atoms with Crippen LogP contribution in [0.2, 0.25) is 0 Å². The summed E-state index contributed by atoms with van der Waals surface area (Å²) in [6.07, 6.45) is 0. The van der Waals surface area contributed by atoms with Gasteiger partial charge in [-0.25, -0.2) is 0 Å². The van der Waals surface area contributed by atoms with Gasteiger partial charge >= 0.3 is 0 Å². The van der Waals surface area contributed by atoms with Crippen LogP contribution < -0.4 is 0 Å². The summed E-state index contributed by atoms with van der Waals surface area (Å²) < 4.78 is 0. The van der Waals surface area contributed by atoms with Gasteiger partial charge in [0.15, 0.2) is 23.1 Å². The third kappa shape index (κ3) is 1.76. The quantitative estimate of drug-likeness (QED) is 0.387. The van der Waals surface area contributed by atoms with E-state index in [1.165, 1.54) is 6.92 Å². The lowest BCUT2D eigenvalue weighted by Crippen LogP contribution is -2.00. The average Bonchev–Trinajstić information content (AvgIpc) is 2.10. The largest absolute Gasteiger partial charge is 0.506 e. The van der Waals surface area contributed by atoms with Gasteiger partial charge in [-0.3, -0.25) is 9.59 Å². The predicted molar refractivity (Wildman–Crippen MR) is 51.4 cm³/mol. The molecule has 5 nitrogen and oxygen atoms in total. The smallest absolute Gasteiger partial charge is 0.172 e. The Labute approximate surface area is 85.6 Å². The van der Waals surface area contributed by atoms with E-state index in [1.807, 2.05) is 0 Å². The zero-order valence-electron chi connectivity index (χ0n) is 8.24. The highest BCUT2D eigenvalue weighted by Crippen LogP contribution is 2.38. The Morgan fingerprint density at radius 2 is 1.53 bits per heavy atom. The van der Waals surface area contributed by atoms with Crippen molar-refractivity contribution in [2.45, 2.75) is 13.8 Å². The second-order valence-corrected chi connectivity index (χ2v) is 3.13. The second kappa shape index (κ2) is 3.61. The van der Waals surface area contributed by atoms with Crippen LogP contribution >= 0.6 is 0 Å². The van der Waals surface area contributed by atoms with Crippen LogP contribution in [0.5, 0.6) is 17.2 Å². The third-order valence-electron chi connectivity index (χ3n) is 1.98. The highest BCUT2D eigenvalue weighted by atomic mass is 16.3. The molecule has 0 fully saturated rings. The molecule has 0 aliphatic carbocycles. The SMILES string of the molecule is CC(=O)c1cc(O)c(O)c(C(C)=O)c1O. The molecular formula is C10H10O5. The Kier molecular flexibility index (Phi) is 2.65. The lowest BCUT2D eigenvalue weighted by atomic mass is 10.0. The molecule has 0 atom stereocenters. The van der Waals surface area contributed by atoms with Gasteiger partial charge < -0.3 is 15.3 Å². The second-order valence-electron chi connectivity index (χ2n) is 3.13. The summed E-state index contributed by atoms with van der Waals surface area (Å²) in [5.74, 6) is -3.08. The number of aromatic hydroxyl groups is 3. The zero-order chi connectivity index (χ0) is 11.7. The lowest BCUT2D eigenvalue weighted by molar-refractivity contribution is 0.101. The standard InChI is InChI=1S/C10H10O5/c1-4(11)6-3-7(13)10(15)8(5(2)12)9(6)14/h3,13-15H,1-2H3. The van der Waals surface area contributed by atoms with E-state index < -0.39 is 34.4 Å². The maximum Gasteiger partial charge on any atom is 0.172 e. The molecule has 0 saturated heterocycles. The van der Waals surface area contributed by atoms with E-state index in [9.17, 15) is 24.9 Å². The third-order valence-corrected chi connectivity index (χ3v) is 1.98. The molecule has 0 radical (unpaired) electrons. The summed E-state index contributed by atoms with van der Waals surface area (Å²) >= 11 is 0. The molecule has 0 unspecified atom stereocenters. The van der Waals surface area contributed by atoms with Gasteiger partial charge in [0.25, 0.3) is 0 Å². The molecule has 0 saturated carbocycles. The maximum absolute atomic E-state index is 11.1. The van der Waals surface area contributed by atoms with E-state index >= 15 is 0 Å². The van der Waals surface area contributed by atoms with Gasteiger partial charge in [-0.05, 0) is 19.9 Å². The molecule has 0 aromatic heterocycles. The molecule has 0 heterocycles. The number of rotatable bonds is 2. The number of benzene rings is 1.